The zero-order valence-corrected chi connectivity index (χ0v) is 11.7. The van der Waals surface area contributed by atoms with Gasteiger partial charge in [0.05, 0.1) is 16.6 Å². The molecule has 0 aliphatic carbocycles. The SMILES string of the molecule is C#CCNC(=O)COc1cc(Cl)c(Br)cc1Cl. The molecule has 0 saturated heterocycles. The standard InChI is InChI=1S/C11H8BrCl2NO2/c1-2-3-15-11(16)6-17-10-5-8(13)7(12)4-9(10)14/h1,4-5H,3,6H2,(H,15,16). The monoisotopic (exact) mass is 335 g/mol. The Hall–Kier alpha value is -0.890. The van der Waals surface area contributed by atoms with Gasteiger partial charge in [0.25, 0.3) is 5.91 Å². The number of benzene rings is 1. The van der Waals surface area contributed by atoms with E-state index < -0.39 is 0 Å². The minimum absolute atomic E-state index is 0.164. The van der Waals surface area contributed by atoms with Crippen molar-refractivity contribution in [2.45, 2.75) is 0 Å². The highest BCUT2D eigenvalue weighted by molar-refractivity contribution is 9.10. The Morgan fingerprint density at radius 1 is 1.47 bits per heavy atom. The van der Waals surface area contributed by atoms with Crippen molar-refractivity contribution in [3.05, 3.63) is 26.7 Å². The van der Waals surface area contributed by atoms with E-state index in [0.29, 0.717) is 20.3 Å². The van der Waals surface area contributed by atoms with Gasteiger partial charge < -0.3 is 10.1 Å². The predicted octanol–water partition coefficient (Wildman–Crippen LogP) is 2.88. The second-order valence-corrected chi connectivity index (χ2v) is 4.64. The predicted molar refractivity (Wildman–Crippen MR) is 71.5 cm³/mol. The summed E-state index contributed by atoms with van der Waals surface area (Å²) in [6, 6.07) is 3.13. The molecular formula is C11H8BrCl2NO2. The summed E-state index contributed by atoms with van der Waals surface area (Å²) in [5.74, 6) is 2.31. The summed E-state index contributed by atoms with van der Waals surface area (Å²) >= 11 is 15.0. The molecule has 0 fully saturated rings. The first kappa shape index (κ1) is 14.2. The Labute approximate surface area is 118 Å². The molecule has 1 aromatic rings. The lowest BCUT2D eigenvalue weighted by molar-refractivity contribution is -0.122. The average Bonchev–Trinajstić information content (AvgIpc) is 2.29. The molecule has 0 unspecified atom stereocenters. The van der Waals surface area contributed by atoms with E-state index in [1.54, 1.807) is 6.07 Å². The van der Waals surface area contributed by atoms with Gasteiger partial charge in [0, 0.05) is 10.5 Å². The van der Waals surface area contributed by atoms with Crippen LogP contribution in [0.4, 0.5) is 0 Å². The summed E-state index contributed by atoms with van der Waals surface area (Å²) in [5.41, 5.74) is 0. The molecule has 6 heteroatoms. The highest BCUT2D eigenvalue weighted by Crippen LogP contribution is 2.33. The van der Waals surface area contributed by atoms with Crippen molar-refractivity contribution in [3.8, 4) is 18.1 Å². The molecule has 1 aromatic carbocycles. The van der Waals surface area contributed by atoms with Gasteiger partial charge in [0.2, 0.25) is 0 Å². The molecule has 0 radical (unpaired) electrons. The quantitative estimate of drug-likeness (QED) is 0.678. The molecule has 0 atom stereocenters. The van der Waals surface area contributed by atoms with Gasteiger partial charge in [-0.3, -0.25) is 4.79 Å². The van der Waals surface area contributed by atoms with E-state index in [-0.39, 0.29) is 19.1 Å². The Morgan fingerprint density at radius 3 is 2.82 bits per heavy atom. The lowest BCUT2D eigenvalue weighted by Crippen LogP contribution is -2.29. The molecule has 0 aliphatic heterocycles. The van der Waals surface area contributed by atoms with Crippen molar-refractivity contribution < 1.29 is 9.53 Å². The van der Waals surface area contributed by atoms with E-state index >= 15 is 0 Å². The third kappa shape index (κ3) is 4.47. The summed E-state index contributed by atoms with van der Waals surface area (Å²) in [4.78, 5) is 11.2. The minimum atomic E-state index is -0.321. The van der Waals surface area contributed by atoms with Gasteiger partial charge in [-0.1, -0.05) is 29.1 Å². The van der Waals surface area contributed by atoms with E-state index in [1.165, 1.54) is 6.07 Å². The number of halogens is 3. The Morgan fingerprint density at radius 2 is 2.18 bits per heavy atom. The first-order chi connectivity index (χ1) is 8.04. The number of ether oxygens (including phenoxy) is 1. The summed E-state index contributed by atoms with van der Waals surface area (Å²) in [6.07, 6.45) is 5.00. The van der Waals surface area contributed by atoms with E-state index in [4.69, 9.17) is 34.4 Å². The Balaban J connectivity index is 2.61. The number of carbonyl (C=O) groups excluding carboxylic acids is 1. The third-order valence-electron chi connectivity index (χ3n) is 1.72. The van der Waals surface area contributed by atoms with Gasteiger partial charge in [-0.05, 0) is 22.0 Å². The van der Waals surface area contributed by atoms with Crippen LogP contribution in [0.1, 0.15) is 0 Å². The minimum Gasteiger partial charge on any atom is -0.482 e. The molecular weight excluding hydrogens is 329 g/mol. The van der Waals surface area contributed by atoms with Crippen LogP contribution in [0.5, 0.6) is 5.75 Å². The largest absolute Gasteiger partial charge is 0.482 e. The maximum absolute atomic E-state index is 11.2. The molecule has 0 aromatic heterocycles. The molecule has 0 spiro atoms. The molecule has 90 valence electrons. The third-order valence-corrected chi connectivity index (χ3v) is 3.21. The van der Waals surface area contributed by atoms with Gasteiger partial charge in [0.15, 0.2) is 6.61 Å². The molecule has 1 N–H and O–H groups in total. The van der Waals surface area contributed by atoms with Crippen molar-refractivity contribution in [1.82, 2.24) is 5.32 Å². The van der Waals surface area contributed by atoms with Crippen molar-refractivity contribution in [2.75, 3.05) is 13.2 Å². The molecule has 3 nitrogen and oxygen atoms in total. The van der Waals surface area contributed by atoms with Crippen LogP contribution in [-0.4, -0.2) is 19.1 Å². The summed E-state index contributed by atoms with van der Waals surface area (Å²) in [7, 11) is 0. The van der Waals surface area contributed by atoms with Gasteiger partial charge in [-0.25, -0.2) is 0 Å². The second-order valence-electron chi connectivity index (χ2n) is 2.97. The topological polar surface area (TPSA) is 38.3 Å². The smallest absolute Gasteiger partial charge is 0.258 e. The van der Waals surface area contributed by atoms with E-state index in [1.807, 2.05) is 0 Å². The van der Waals surface area contributed by atoms with Crippen molar-refractivity contribution in [1.29, 1.82) is 0 Å². The molecule has 0 bridgehead atoms. The molecule has 1 rings (SSSR count). The van der Waals surface area contributed by atoms with Crippen LogP contribution in [0, 0.1) is 12.3 Å². The van der Waals surface area contributed by atoms with Crippen molar-refractivity contribution in [2.24, 2.45) is 0 Å². The average molecular weight is 337 g/mol. The van der Waals surface area contributed by atoms with E-state index in [9.17, 15) is 4.79 Å². The maximum atomic E-state index is 11.2. The van der Waals surface area contributed by atoms with Gasteiger partial charge in [0.1, 0.15) is 5.75 Å². The molecule has 0 heterocycles. The fourth-order valence-corrected chi connectivity index (χ4v) is 1.81. The van der Waals surface area contributed by atoms with E-state index in [2.05, 4.69) is 27.2 Å². The maximum Gasteiger partial charge on any atom is 0.258 e. The first-order valence-electron chi connectivity index (χ1n) is 4.52. The zero-order chi connectivity index (χ0) is 12.8. The number of rotatable bonds is 4. The van der Waals surface area contributed by atoms with Crippen LogP contribution in [0.25, 0.3) is 0 Å². The van der Waals surface area contributed by atoms with Gasteiger partial charge >= 0.3 is 0 Å². The zero-order valence-electron chi connectivity index (χ0n) is 8.60. The van der Waals surface area contributed by atoms with E-state index in [0.717, 1.165) is 0 Å². The van der Waals surface area contributed by atoms with Gasteiger partial charge in [-0.2, -0.15) is 0 Å². The molecule has 0 saturated carbocycles. The molecule has 0 aliphatic rings. The molecule has 17 heavy (non-hydrogen) atoms. The number of amides is 1. The van der Waals surface area contributed by atoms with Crippen molar-refractivity contribution in [3.63, 3.8) is 0 Å². The van der Waals surface area contributed by atoms with Crippen LogP contribution in [0.3, 0.4) is 0 Å². The lowest BCUT2D eigenvalue weighted by atomic mass is 10.3. The number of carbonyl (C=O) groups is 1. The lowest BCUT2D eigenvalue weighted by Gasteiger charge is -2.08. The fourth-order valence-electron chi connectivity index (χ4n) is 0.959. The Kier molecular flexibility index (Phi) is 5.63. The van der Waals surface area contributed by atoms with Crippen LogP contribution in [0.15, 0.2) is 16.6 Å². The number of hydrogen-bond donors (Lipinski definition) is 1. The number of terminal acetylenes is 1. The van der Waals surface area contributed by atoms with Crippen LogP contribution in [0.2, 0.25) is 10.0 Å². The van der Waals surface area contributed by atoms with Gasteiger partial charge in [-0.15, -0.1) is 6.42 Å². The summed E-state index contributed by atoms with van der Waals surface area (Å²) < 4.78 is 5.87. The molecule has 1 amide bonds. The van der Waals surface area contributed by atoms with Crippen molar-refractivity contribution >= 4 is 45.0 Å². The second kappa shape index (κ2) is 6.75. The number of nitrogens with one attached hydrogen (secondary N) is 1. The van der Waals surface area contributed by atoms with Crippen LogP contribution >= 0.6 is 39.1 Å². The normalized spacial score (nSPS) is 9.53. The van der Waals surface area contributed by atoms with Crippen LogP contribution < -0.4 is 10.1 Å². The highest BCUT2D eigenvalue weighted by atomic mass is 79.9. The first-order valence-corrected chi connectivity index (χ1v) is 6.07. The highest BCUT2D eigenvalue weighted by Gasteiger charge is 2.08. The summed E-state index contributed by atoms with van der Waals surface area (Å²) in [5, 5.41) is 3.28. The Bertz CT molecular complexity index is 471. The number of hydrogen-bond acceptors (Lipinski definition) is 2. The van der Waals surface area contributed by atoms with Crippen LogP contribution in [-0.2, 0) is 4.79 Å². The fraction of sp³-hybridized carbons (Fsp3) is 0.182. The summed E-state index contributed by atoms with van der Waals surface area (Å²) in [6.45, 7) is -0.00359.